The fraction of sp³-hybridized carbons (Fsp3) is 0.875. The average molecular weight is 312 g/mol. The number of rotatable bonds is 7. The third-order valence-corrected chi connectivity index (χ3v) is 4.65. The van der Waals surface area contributed by atoms with E-state index in [4.69, 9.17) is 9.47 Å². The smallest absolute Gasteiger partial charge is 0.310 e. The van der Waals surface area contributed by atoms with Crippen molar-refractivity contribution in [3.05, 3.63) is 0 Å². The zero-order chi connectivity index (χ0) is 15.9. The van der Waals surface area contributed by atoms with Crippen molar-refractivity contribution >= 4 is 11.9 Å². The van der Waals surface area contributed by atoms with Crippen LogP contribution >= 0.6 is 0 Å². The predicted octanol–water partition coefficient (Wildman–Crippen LogP) is 0.756. The molecular formula is C16H28N2O4. The van der Waals surface area contributed by atoms with E-state index in [0.717, 1.165) is 52.1 Å². The summed E-state index contributed by atoms with van der Waals surface area (Å²) in [6.45, 7) is 7.14. The van der Waals surface area contributed by atoms with Gasteiger partial charge in [0, 0.05) is 38.6 Å². The van der Waals surface area contributed by atoms with Crippen molar-refractivity contribution in [2.45, 2.75) is 26.2 Å². The van der Waals surface area contributed by atoms with Gasteiger partial charge >= 0.3 is 5.97 Å². The van der Waals surface area contributed by atoms with Crippen LogP contribution < -0.4 is 0 Å². The van der Waals surface area contributed by atoms with Crippen LogP contribution in [0.1, 0.15) is 26.2 Å². The molecule has 6 heteroatoms. The Morgan fingerprint density at radius 2 is 2.00 bits per heavy atom. The summed E-state index contributed by atoms with van der Waals surface area (Å²) in [5.74, 6) is -0.165. The molecule has 0 spiro atoms. The molecule has 1 heterocycles. The fourth-order valence-electron chi connectivity index (χ4n) is 2.90. The maximum absolute atomic E-state index is 12.6. The first-order chi connectivity index (χ1) is 10.6. The van der Waals surface area contributed by atoms with E-state index in [9.17, 15) is 9.59 Å². The number of methoxy groups -OCH3 is 1. The van der Waals surface area contributed by atoms with Gasteiger partial charge in [-0.25, -0.2) is 0 Å². The standard InChI is InChI=1S/C16H28N2O4/c1-13(16(20)21-2)12-18(15(19)14-4-3-5-14)7-6-17-8-10-22-11-9-17/h13-14H,3-12H2,1-2H3. The molecule has 22 heavy (non-hydrogen) atoms. The van der Waals surface area contributed by atoms with Crippen LogP contribution in [0, 0.1) is 11.8 Å². The molecule has 126 valence electrons. The molecule has 2 aliphatic rings. The number of morpholine rings is 1. The lowest BCUT2D eigenvalue weighted by Gasteiger charge is -2.35. The molecule has 2 fully saturated rings. The van der Waals surface area contributed by atoms with Gasteiger partial charge in [-0.1, -0.05) is 13.3 Å². The second kappa shape index (κ2) is 8.48. The van der Waals surface area contributed by atoms with Gasteiger partial charge in [0.25, 0.3) is 0 Å². The van der Waals surface area contributed by atoms with Crippen LogP contribution in [0.25, 0.3) is 0 Å². The number of carbonyl (C=O) groups is 2. The van der Waals surface area contributed by atoms with Crippen LogP contribution in [0.5, 0.6) is 0 Å². The molecule has 0 aromatic rings. The lowest BCUT2D eigenvalue weighted by Crippen LogP contribution is -2.47. The van der Waals surface area contributed by atoms with E-state index in [1.54, 1.807) is 0 Å². The van der Waals surface area contributed by atoms with Gasteiger partial charge in [0.15, 0.2) is 0 Å². The van der Waals surface area contributed by atoms with Crippen molar-refractivity contribution in [3.8, 4) is 0 Å². The first-order valence-electron chi connectivity index (χ1n) is 8.28. The molecule has 6 nitrogen and oxygen atoms in total. The number of nitrogens with zero attached hydrogens (tertiary/aromatic N) is 2. The molecule has 1 atom stereocenters. The molecule has 1 unspecified atom stereocenters. The quantitative estimate of drug-likeness (QED) is 0.650. The molecule has 0 bridgehead atoms. The van der Waals surface area contributed by atoms with Gasteiger partial charge < -0.3 is 14.4 Å². The van der Waals surface area contributed by atoms with Crippen LogP contribution in [0.3, 0.4) is 0 Å². The Kier molecular flexibility index (Phi) is 6.64. The molecule has 0 radical (unpaired) electrons. The van der Waals surface area contributed by atoms with E-state index in [1.165, 1.54) is 7.11 Å². The fourth-order valence-corrected chi connectivity index (χ4v) is 2.90. The second-order valence-electron chi connectivity index (χ2n) is 6.29. The van der Waals surface area contributed by atoms with Gasteiger partial charge in [-0.2, -0.15) is 0 Å². The van der Waals surface area contributed by atoms with Crippen molar-refractivity contribution < 1.29 is 19.1 Å². The molecule has 1 aliphatic heterocycles. The van der Waals surface area contributed by atoms with Gasteiger partial charge in [0.1, 0.15) is 0 Å². The maximum Gasteiger partial charge on any atom is 0.310 e. The summed E-state index contributed by atoms with van der Waals surface area (Å²) in [7, 11) is 1.39. The van der Waals surface area contributed by atoms with Crippen LogP contribution in [-0.2, 0) is 19.1 Å². The van der Waals surface area contributed by atoms with Gasteiger partial charge in [0.2, 0.25) is 5.91 Å². The largest absolute Gasteiger partial charge is 0.469 e. The third-order valence-electron chi connectivity index (χ3n) is 4.65. The van der Waals surface area contributed by atoms with Crippen LogP contribution in [0.2, 0.25) is 0 Å². The Labute approximate surface area is 132 Å². The predicted molar refractivity (Wildman–Crippen MR) is 82.4 cm³/mol. The first-order valence-corrected chi connectivity index (χ1v) is 8.28. The summed E-state index contributed by atoms with van der Waals surface area (Å²) >= 11 is 0. The van der Waals surface area contributed by atoms with E-state index in [2.05, 4.69) is 4.90 Å². The molecule has 1 aliphatic carbocycles. The number of ether oxygens (including phenoxy) is 2. The van der Waals surface area contributed by atoms with Crippen molar-refractivity contribution in [3.63, 3.8) is 0 Å². The molecule has 0 aromatic carbocycles. The normalized spacial score (nSPS) is 21.0. The van der Waals surface area contributed by atoms with Crippen molar-refractivity contribution in [1.82, 2.24) is 9.80 Å². The monoisotopic (exact) mass is 312 g/mol. The van der Waals surface area contributed by atoms with Crippen LogP contribution in [0.15, 0.2) is 0 Å². The van der Waals surface area contributed by atoms with Gasteiger partial charge in [-0.15, -0.1) is 0 Å². The molecule has 1 saturated carbocycles. The van der Waals surface area contributed by atoms with Crippen LogP contribution in [0.4, 0.5) is 0 Å². The van der Waals surface area contributed by atoms with E-state index in [-0.39, 0.29) is 23.7 Å². The highest BCUT2D eigenvalue weighted by Gasteiger charge is 2.31. The highest BCUT2D eigenvalue weighted by atomic mass is 16.5. The summed E-state index contributed by atoms with van der Waals surface area (Å²) in [6, 6.07) is 0. The summed E-state index contributed by atoms with van der Waals surface area (Å²) < 4.78 is 10.1. The van der Waals surface area contributed by atoms with Crippen molar-refractivity contribution in [1.29, 1.82) is 0 Å². The maximum atomic E-state index is 12.6. The van der Waals surface area contributed by atoms with Gasteiger partial charge in [0.05, 0.1) is 26.2 Å². The zero-order valence-corrected chi connectivity index (χ0v) is 13.8. The summed E-state index contributed by atoms with van der Waals surface area (Å²) in [6.07, 6.45) is 3.11. The molecule has 1 amide bonds. The van der Waals surface area contributed by atoms with E-state index >= 15 is 0 Å². The van der Waals surface area contributed by atoms with Crippen molar-refractivity contribution in [2.75, 3.05) is 53.0 Å². The third kappa shape index (κ3) is 4.68. The van der Waals surface area contributed by atoms with Gasteiger partial charge in [-0.3, -0.25) is 14.5 Å². The number of hydrogen-bond donors (Lipinski definition) is 0. The molecule has 0 N–H and O–H groups in total. The Morgan fingerprint density at radius 1 is 1.32 bits per heavy atom. The average Bonchev–Trinajstić information content (AvgIpc) is 2.49. The summed E-state index contributed by atoms with van der Waals surface area (Å²) in [5.41, 5.74) is 0. The summed E-state index contributed by atoms with van der Waals surface area (Å²) in [5, 5.41) is 0. The highest BCUT2D eigenvalue weighted by molar-refractivity contribution is 5.80. The molecular weight excluding hydrogens is 284 g/mol. The van der Waals surface area contributed by atoms with Crippen molar-refractivity contribution in [2.24, 2.45) is 11.8 Å². The molecule has 1 saturated heterocycles. The van der Waals surface area contributed by atoms with E-state index in [1.807, 2.05) is 11.8 Å². The highest BCUT2D eigenvalue weighted by Crippen LogP contribution is 2.28. The zero-order valence-electron chi connectivity index (χ0n) is 13.8. The minimum absolute atomic E-state index is 0.162. The Bertz CT molecular complexity index is 378. The second-order valence-corrected chi connectivity index (χ2v) is 6.29. The number of hydrogen-bond acceptors (Lipinski definition) is 5. The van der Waals surface area contributed by atoms with Gasteiger partial charge in [-0.05, 0) is 12.8 Å². The Balaban J connectivity index is 1.88. The summed E-state index contributed by atoms with van der Waals surface area (Å²) in [4.78, 5) is 28.4. The number of carbonyl (C=O) groups excluding carboxylic acids is 2. The van der Waals surface area contributed by atoms with Crippen LogP contribution in [-0.4, -0.2) is 74.7 Å². The topological polar surface area (TPSA) is 59.1 Å². The number of amides is 1. The first kappa shape index (κ1) is 17.2. The number of esters is 1. The Morgan fingerprint density at radius 3 is 2.55 bits per heavy atom. The van der Waals surface area contributed by atoms with E-state index in [0.29, 0.717) is 13.1 Å². The Hall–Kier alpha value is -1.14. The molecule has 2 rings (SSSR count). The lowest BCUT2D eigenvalue weighted by molar-refractivity contribution is -0.147. The SMILES string of the molecule is COC(=O)C(C)CN(CCN1CCOCC1)C(=O)C1CCC1. The minimum atomic E-state index is -0.279. The van der Waals surface area contributed by atoms with E-state index < -0.39 is 0 Å². The minimum Gasteiger partial charge on any atom is -0.469 e. The lowest BCUT2D eigenvalue weighted by atomic mass is 9.84. The molecule has 0 aromatic heterocycles.